The first-order chi connectivity index (χ1) is 18.2. The molecule has 0 aliphatic rings. The molecule has 14 heteroatoms. The molecule has 0 aliphatic heterocycles. The van der Waals surface area contributed by atoms with Crippen LogP contribution >= 0.6 is 0 Å². The zero-order chi connectivity index (χ0) is 29.6. The van der Waals surface area contributed by atoms with Crippen molar-refractivity contribution in [3.05, 3.63) is 18.7 Å². The largest absolute Gasteiger partial charge is 0.463 e. The molecule has 0 saturated carbocycles. The Morgan fingerprint density at radius 3 is 2.26 bits per heavy atom. The van der Waals surface area contributed by atoms with Gasteiger partial charge in [-0.2, -0.15) is 8.42 Å². The molecular weight excluding hydrogens is 532 g/mol. The Balaban J connectivity index is 2.93. The number of quaternary nitrogens is 1. The van der Waals surface area contributed by atoms with Crippen LogP contribution < -0.4 is 5.73 Å². The van der Waals surface area contributed by atoms with E-state index in [9.17, 15) is 22.8 Å². The summed E-state index contributed by atoms with van der Waals surface area (Å²) in [5.74, 6) is -4.22. The van der Waals surface area contributed by atoms with Gasteiger partial charge in [-0.15, -0.1) is 0 Å². The lowest BCUT2D eigenvalue weighted by atomic mass is 9.84. The van der Waals surface area contributed by atoms with Crippen molar-refractivity contribution >= 4 is 28.0 Å². The summed E-state index contributed by atoms with van der Waals surface area (Å²) in [6.07, 6.45) is 6.60. The topological polar surface area (TPSA) is 188 Å². The highest BCUT2D eigenvalue weighted by Crippen LogP contribution is 2.29. The highest BCUT2D eigenvalue weighted by Gasteiger charge is 2.33. The average molecular weight is 578 g/mol. The van der Waals surface area contributed by atoms with Gasteiger partial charge < -0.3 is 29.4 Å². The molecule has 0 radical (unpaired) electrons. The molecule has 0 spiro atoms. The minimum atomic E-state index is -4.05. The molecule has 1 heterocycles. The zero-order valence-corrected chi connectivity index (χ0v) is 24.2. The normalized spacial score (nSPS) is 15.2. The standard InChI is InChI=1S/C25H44N4O9S/c1-5-22(28-8-7-27-18-28)17-20(23(26)31)16-21(15-19(2)24(32)38-13-11-30)25(33)37-12-10-29(3,4)9-6-14-39(34,35)36/h7-8,18-22,30H,5-6,9-17H2,1-4H3,(H2-,26,31,34,35,36)/p+1. The second kappa shape index (κ2) is 16.5. The van der Waals surface area contributed by atoms with Gasteiger partial charge in [0.25, 0.3) is 10.1 Å². The zero-order valence-electron chi connectivity index (χ0n) is 23.4. The monoisotopic (exact) mass is 577 g/mol. The van der Waals surface area contributed by atoms with E-state index in [1.807, 2.05) is 25.6 Å². The van der Waals surface area contributed by atoms with Crippen LogP contribution in [0.25, 0.3) is 0 Å². The molecule has 0 bridgehead atoms. The summed E-state index contributed by atoms with van der Waals surface area (Å²) >= 11 is 0. The highest BCUT2D eigenvalue weighted by atomic mass is 32.2. The van der Waals surface area contributed by atoms with E-state index in [4.69, 9.17) is 24.9 Å². The smallest absolute Gasteiger partial charge is 0.309 e. The molecule has 1 amide bonds. The Morgan fingerprint density at radius 2 is 1.72 bits per heavy atom. The molecule has 224 valence electrons. The number of ether oxygens (including phenoxy) is 2. The summed E-state index contributed by atoms with van der Waals surface area (Å²) in [7, 11) is -0.358. The maximum Gasteiger partial charge on any atom is 0.309 e. The summed E-state index contributed by atoms with van der Waals surface area (Å²) in [6.45, 7) is 3.96. The fourth-order valence-electron chi connectivity index (χ4n) is 4.38. The summed E-state index contributed by atoms with van der Waals surface area (Å²) in [5.41, 5.74) is 5.73. The lowest BCUT2D eigenvalue weighted by Crippen LogP contribution is -2.44. The van der Waals surface area contributed by atoms with Gasteiger partial charge in [-0.1, -0.05) is 13.8 Å². The van der Waals surface area contributed by atoms with Gasteiger partial charge in [-0.05, 0) is 25.7 Å². The fourth-order valence-corrected chi connectivity index (χ4v) is 4.88. The van der Waals surface area contributed by atoms with Crippen molar-refractivity contribution < 1.29 is 46.4 Å². The number of carbonyl (C=O) groups excluding carboxylic acids is 3. The van der Waals surface area contributed by atoms with Crippen molar-refractivity contribution in [1.82, 2.24) is 9.55 Å². The minimum absolute atomic E-state index is 0.0331. The van der Waals surface area contributed by atoms with Crippen LogP contribution in [0.5, 0.6) is 0 Å². The Hall–Kier alpha value is -2.55. The Bertz CT molecular complexity index is 999. The molecule has 1 aromatic heterocycles. The first kappa shape index (κ1) is 34.5. The van der Waals surface area contributed by atoms with Gasteiger partial charge in [0.2, 0.25) is 5.91 Å². The van der Waals surface area contributed by atoms with Gasteiger partial charge in [-0.3, -0.25) is 18.9 Å². The van der Waals surface area contributed by atoms with Gasteiger partial charge >= 0.3 is 11.9 Å². The van der Waals surface area contributed by atoms with Crippen LogP contribution in [0.2, 0.25) is 0 Å². The van der Waals surface area contributed by atoms with Gasteiger partial charge in [0.1, 0.15) is 19.8 Å². The van der Waals surface area contributed by atoms with Gasteiger partial charge in [0, 0.05) is 30.8 Å². The third-order valence-corrected chi connectivity index (χ3v) is 7.57. The second-order valence-corrected chi connectivity index (χ2v) is 12.1. The van der Waals surface area contributed by atoms with Crippen molar-refractivity contribution in [3.8, 4) is 0 Å². The van der Waals surface area contributed by atoms with Crippen LogP contribution in [0.3, 0.4) is 0 Å². The van der Waals surface area contributed by atoms with Crippen LogP contribution in [0, 0.1) is 17.8 Å². The SMILES string of the molecule is CCC(CC(CC(CC(C)C(=O)OCCO)C(=O)OCC[N+](C)(C)CCCS(=O)(=O)O)C(N)=O)n1ccnc1. The van der Waals surface area contributed by atoms with Crippen LogP contribution in [0.4, 0.5) is 0 Å². The predicted octanol–water partition coefficient (Wildman–Crippen LogP) is 0.791. The number of aromatic nitrogens is 2. The number of carbonyl (C=O) groups is 3. The van der Waals surface area contributed by atoms with Crippen molar-refractivity contribution in [2.24, 2.45) is 23.5 Å². The fraction of sp³-hybridized carbons (Fsp3) is 0.760. The third kappa shape index (κ3) is 13.9. The van der Waals surface area contributed by atoms with E-state index in [0.717, 1.165) is 0 Å². The first-order valence-electron chi connectivity index (χ1n) is 13.2. The lowest BCUT2D eigenvalue weighted by molar-refractivity contribution is -0.890. The number of amides is 1. The van der Waals surface area contributed by atoms with E-state index in [0.29, 0.717) is 30.4 Å². The van der Waals surface area contributed by atoms with E-state index in [1.165, 1.54) is 0 Å². The number of aliphatic hydroxyl groups is 1. The molecule has 0 saturated heterocycles. The summed E-state index contributed by atoms with van der Waals surface area (Å²) in [4.78, 5) is 42.0. The first-order valence-corrected chi connectivity index (χ1v) is 14.8. The van der Waals surface area contributed by atoms with Crippen LogP contribution in [0.15, 0.2) is 18.7 Å². The number of rotatable bonds is 20. The number of nitrogens with two attached hydrogens (primary N) is 1. The number of aliphatic hydroxyl groups excluding tert-OH is 1. The summed E-state index contributed by atoms with van der Waals surface area (Å²) in [5, 5.41) is 8.94. The molecule has 13 nitrogen and oxygen atoms in total. The highest BCUT2D eigenvalue weighted by molar-refractivity contribution is 7.85. The number of primary amides is 1. The van der Waals surface area contributed by atoms with Crippen LogP contribution in [0.1, 0.15) is 52.0 Å². The average Bonchev–Trinajstić information content (AvgIpc) is 3.37. The van der Waals surface area contributed by atoms with Crippen molar-refractivity contribution in [2.45, 2.75) is 52.0 Å². The predicted molar refractivity (Wildman–Crippen MR) is 143 cm³/mol. The van der Waals surface area contributed by atoms with E-state index in [2.05, 4.69) is 4.98 Å². The number of nitrogens with zero attached hydrogens (tertiary/aromatic N) is 3. The Kier molecular flexibility index (Phi) is 14.6. The van der Waals surface area contributed by atoms with Gasteiger partial charge in [-0.25, -0.2) is 4.98 Å². The van der Waals surface area contributed by atoms with E-state index in [1.54, 1.807) is 25.6 Å². The number of imidazole rings is 1. The molecule has 1 aromatic rings. The number of hydrogen-bond acceptors (Lipinski definition) is 9. The van der Waals surface area contributed by atoms with E-state index < -0.39 is 45.7 Å². The Labute approximate surface area is 231 Å². The molecule has 4 unspecified atom stereocenters. The number of esters is 2. The third-order valence-electron chi connectivity index (χ3n) is 6.76. The summed E-state index contributed by atoms with van der Waals surface area (Å²) < 4.78 is 43.7. The maximum absolute atomic E-state index is 13.2. The molecule has 0 aliphatic carbocycles. The quantitative estimate of drug-likeness (QED) is 0.114. The molecular formula is C25H45N4O9S+. The number of hydrogen-bond donors (Lipinski definition) is 3. The molecule has 4 N–H and O–H groups in total. The van der Waals surface area contributed by atoms with Crippen LogP contribution in [-0.2, 0) is 34.0 Å². The van der Waals surface area contributed by atoms with Crippen LogP contribution in [-0.4, -0.2) is 103 Å². The van der Waals surface area contributed by atoms with E-state index >= 15 is 0 Å². The van der Waals surface area contributed by atoms with Crippen molar-refractivity contribution in [3.63, 3.8) is 0 Å². The number of likely N-dealkylation sites (N-methyl/N-ethyl adjacent to an activating group) is 1. The lowest BCUT2D eigenvalue weighted by Gasteiger charge is -2.30. The van der Waals surface area contributed by atoms with Crippen molar-refractivity contribution in [2.75, 3.05) is 52.8 Å². The molecule has 0 aromatic carbocycles. The molecule has 1 rings (SSSR count). The second-order valence-electron chi connectivity index (χ2n) is 10.6. The molecule has 4 atom stereocenters. The Morgan fingerprint density at radius 1 is 1.05 bits per heavy atom. The molecule has 0 fully saturated rings. The van der Waals surface area contributed by atoms with Crippen molar-refractivity contribution in [1.29, 1.82) is 0 Å². The molecule has 39 heavy (non-hydrogen) atoms. The maximum atomic E-state index is 13.2. The minimum Gasteiger partial charge on any atom is -0.463 e. The van der Waals surface area contributed by atoms with Gasteiger partial charge in [0.15, 0.2) is 0 Å². The summed E-state index contributed by atoms with van der Waals surface area (Å²) in [6, 6.07) is -0.0607. The van der Waals surface area contributed by atoms with Gasteiger partial charge in [0.05, 0.1) is 51.2 Å². The van der Waals surface area contributed by atoms with E-state index in [-0.39, 0.29) is 50.9 Å².